The molecule has 0 bridgehead atoms. The molecule has 0 aliphatic carbocycles. The standard InChI is InChI=1S/C24H42N6O2/c1-6-28-9-11-29(12-10-28)17-19(2)16-26-24(25-3)27-20-7-8-30(18-20)21-13-22(31-4)15-23(14-21)32-5/h13-15,19-20H,6-12,16-18H2,1-5H3,(H2,25,26,27). The zero-order valence-corrected chi connectivity index (χ0v) is 20.6. The SMILES string of the molecule is CCN1CCN(CC(C)CNC(=NC)NC2CCN(c3cc(OC)cc(OC)c3)C2)CC1. The van der Waals surface area contributed by atoms with E-state index in [1.807, 2.05) is 13.1 Å². The molecule has 0 spiro atoms. The van der Waals surface area contributed by atoms with Crippen molar-refractivity contribution in [2.45, 2.75) is 26.3 Å². The smallest absolute Gasteiger partial charge is 0.191 e. The van der Waals surface area contributed by atoms with Crippen molar-refractivity contribution in [3.05, 3.63) is 18.2 Å². The highest BCUT2D eigenvalue weighted by Crippen LogP contribution is 2.30. The number of rotatable bonds is 9. The average molecular weight is 447 g/mol. The van der Waals surface area contributed by atoms with Crippen LogP contribution >= 0.6 is 0 Å². The molecule has 2 aliphatic heterocycles. The number of nitrogens with one attached hydrogen (secondary N) is 2. The van der Waals surface area contributed by atoms with Gasteiger partial charge in [-0.05, 0) is 18.9 Å². The third kappa shape index (κ3) is 6.90. The van der Waals surface area contributed by atoms with Gasteiger partial charge in [0.1, 0.15) is 11.5 Å². The van der Waals surface area contributed by atoms with E-state index in [4.69, 9.17) is 9.47 Å². The summed E-state index contributed by atoms with van der Waals surface area (Å²) in [5.41, 5.74) is 1.13. The van der Waals surface area contributed by atoms with Crippen molar-refractivity contribution >= 4 is 11.6 Å². The molecule has 0 amide bonds. The molecule has 32 heavy (non-hydrogen) atoms. The zero-order valence-electron chi connectivity index (χ0n) is 20.6. The molecule has 2 fully saturated rings. The number of hydrogen-bond acceptors (Lipinski definition) is 6. The number of benzene rings is 1. The van der Waals surface area contributed by atoms with E-state index < -0.39 is 0 Å². The molecule has 1 aromatic carbocycles. The van der Waals surface area contributed by atoms with Crippen molar-refractivity contribution in [2.24, 2.45) is 10.9 Å². The van der Waals surface area contributed by atoms with E-state index in [1.165, 1.54) is 26.2 Å². The van der Waals surface area contributed by atoms with E-state index in [-0.39, 0.29) is 0 Å². The second-order valence-electron chi connectivity index (χ2n) is 8.94. The second kappa shape index (κ2) is 12.2. The van der Waals surface area contributed by atoms with E-state index in [0.717, 1.165) is 62.3 Å². The lowest BCUT2D eigenvalue weighted by Gasteiger charge is -2.35. The highest BCUT2D eigenvalue weighted by Gasteiger charge is 2.24. The Morgan fingerprint density at radius 2 is 1.72 bits per heavy atom. The Labute approximate surface area is 193 Å². The van der Waals surface area contributed by atoms with Crippen molar-refractivity contribution < 1.29 is 9.47 Å². The predicted octanol–water partition coefficient (Wildman–Crippen LogP) is 1.72. The monoisotopic (exact) mass is 446 g/mol. The van der Waals surface area contributed by atoms with Crippen molar-refractivity contribution in [3.8, 4) is 11.5 Å². The molecule has 2 heterocycles. The van der Waals surface area contributed by atoms with E-state index in [0.29, 0.717) is 12.0 Å². The number of nitrogens with zero attached hydrogens (tertiary/aromatic N) is 4. The third-order valence-electron chi connectivity index (χ3n) is 6.55. The molecule has 2 saturated heterocycles. The summed E-state index contributed by atoms with van der Waals surface area (Å²) in [6.45, 7) is 14.5. The van der Waals surface area contributed by atoms with Crippen molar-refractivity contribution in [1.82, 2.24) is 20.4 Å². The maximum Gasteiger partial charge on any atom is 0.191 e. The van der Waals surface area contributed by atoms with Crippen LogP contribution in [0.25, 0.3) is 0 Å². The normalized spacial score (nSPS) is 21.5. The lowest BCUT2D eigenvalue weighted by Crippen LogP contribution is -2.49. The van der Waals surface area contributed by atoms with Gasteiger partial charge in [-0.15, -0.1) is 0 Å². The Balaban J connectivity index is 1.43. The topological polar surface area (TPSA) is 64.6 Å². The fraction of sp³-hybridized carbons (Fsp3) is 0.708. The van der Waals surface area contributed by atoms with Gasteiger partial charge in [-0.2, -0.15) is 0 Å². The molecule has 2 N–H and O–H groups in total. The van der Waals surface area contributed by atoms with Crippen molar-refractivity contribution in [1.29, 1.82) is 0 Å². The van der Waals surface area contributed by atoms with Crippen molar-refractivity contribution in [2.75, 3.05) is 85.1 Å². The molecule has 2 atom stereocenters. The zero-order chi connectivity index (χ0) is 22.9. The van der Waals surface area contributed by atoms with Gasteiger partial charge in [0.2, 0.25) is 0 Å². The van der Waals surface area contributed by atoms with E-state index in [9.17, 15) is 0 Å². The predicted molar refractivity (Wildman–Crippen MR) is 132 cm³/mol. The number of hydrogen-bond donors (Lipinski definition) is 2. The van der Waals surface area contributed by atoms with Crippen LogP contribution in [0.5, 0.6) is 11.5 Å². The Kier molecular flexibility index (Phi) is 9.29. The fourth-order valence-corrected chi connectivity index (χ4v) is 4.54. The summed E-state index contributed by atoms with van der Waals surface area (Å²) in [7, 11) is 5.23. The number of guanidine groups is 1. The first kappa shape index (κ1) is 24.5. The minimum atomic E-state index is 0.357. The van der Waals surface area contributed by atoms with Gasteiger partial charge in [0.05, 0.1) is 14.2 Å². The molecular formula is C24H42N6O2. The van der Waals surface area contributed by atoms with E-state index in [1.54, 1.807) is 14.2 Å². The average Bonchev–Trinajstić information content (AvgIpc) is 3.30. The number of piperazine rings is 1. The van der Waals surface area contributed by atoms with Crippen LogP contribution in [0, 0.1) is 5.92 Å². The number of ether oxygens (including phenoxy) is 2. The molecule has 2 aliphatic rings. The van der Waals surface area contributed by atoms with Gasteiger partial charge in [0.25, 0.3) is 0 Å². The molecule has 8 nitrogen and oxygen atoms in total. The Bertz CT molecular complexity index is 713. The molecule has 180 valence electrons. The third-order valence-corrected chi connectivity index (χ3v) is 6.55. The summed E-state index contributed by atoms with van der Waals surface area (Å²) in [5, 5.41) is 7.15. The lowest BCUT2D eigenvalue weighted by molar-refractivity contribution is 0.124. The van der Waals surface area contributed by atoms with Gasteiger partial charge in [-0.3, -0.25) is 4.99 Å². The molecule has 8 heteroatoms. The number of methoxy groups -OCH3 is 2. The van der Waals surface area contributed by atoms with Gasteiger partial charge in [-0.25, -0.2) is 0 Å². The minimum Gasteiger partial charge on any atom is -0.497 e. The van der Waals surface area contributed by atoms with Gasteiger partial charge >= 0.3 is 0 Å². The van der Waals surface area contributed by atoms with Crippen LogP contribution in [-0.4, -0.2) is 102 Å². The molecule has 1 aromatic rings. The molecule has 0 aromatic heterocycles. The van der Waals surface area contributed by atoms with Crippen LogP contribution in [0.3, 0.4) is 0 Å². The number of likely N-dealkylation sites (N-methyl/N-ethyl adjacent to an activating group) is 1. The number of anilines is 1. The van der Waals surface area contributed by atoms with Crippen LogP contribution < -0.4 is 25.0 Å². The quantitative estimate of drug-likeness (QED) is 0.442. The molecule has 0 saturated carbocycles. The van der Waals surface area contributed by atoms with Crippen LogP contribution in [-0.2, 0) is 0 Å². The minimum absolute atomic E-state index is 0.357. The first-order chi connectivity index (χ1) is 15.5. The Morgan fingerprint density at radius 1 is 1.06 bits per heavy atom. The molecule has 3 rings (SSSR count). The lowest BCUT2D eigenvalue weighted by atomic mass is 10.1. The van der Waals surface area contributed by atoms with E-state index >= 15 is 0 Å². The second-order valence-corrected chi connectivity index (χ2v) is 8.94. The fourth-order valence-electron chi connectivity index (χ4n) is 4.54. The number of aliphatic imine (C=N–C) groups is 1. The van der Waals surface area contributed by atoms with Crippen LogP contribution in [0.4, 0.5) is 5.69 Å². The summed E-state index contributed by atoms with van der Waals surface area (Å²) in [6.07, 6.45) is 1.07. The van der Waals surface area contributed by atoms with Crippen LogP contribution in [0.15, 0.2) is 23.2 Å². The largest absolute Gasteiger partial charge is 0.497 e. The first-order valence-electron chi connectivity index (χ1n) is 11.9. The molecular weight excluding hydrogens is 404 g/mol. The van der Waals surface area contributed by atoms with Gasteiger partial charge in [-0.1, -0.05) is 13.8 Å². The van der Waals surface area contributed by atoms with Gasteiger partial charge in [0, 0.05) is 89.3 Å². The summed E-state index contributed by atoms with van der Waals surface area (Å²) >= 11 is 0. The first-order valence-corrected chi connectivity index (χ1v) is 11.9. The summed E-state index contributed by atoms with van der Waals surface area (Å²) in [4.78, 5) is 11.9. The summed E-state index contributed by atoms with van der Waals surface area (Å²) < 4.78 is 10.9. The van der Waals surface area contributed by atoms with Gasteiger partial charge in [0.15, 0.2) is 5.96 Å². The van der Waals surface area contributed by atoms with E-state index in [2.05, 4.69) is 56.3 Å². The van der Waals surface area contributed by atoms with Crippen molar-refractivity contribution in [3.63, 3.8) is 0 Å². The Morgan fingerprint density at radius 3 is 2.31 bits per heavy atom. The van der Waals surface area contributed by atoms with Gasteiger partial charge < -0.3 is 34.8 Å². The molecule has 2 unspecified atom stereocenters. The highest BCUT2D eigenvalue weighted by atomic mass is 16.5. The summed E-state index contributed by atoms with van der Waals surface area (Å²) in [5.74, 6) is 3.10. The maximum absolute atomic E-state index is 5.43. The van der Waals surface area contributed by atoms with Crippen LogP contribution in [0.1, 0.15) is 20.3 Å². The highest BCUT2D eigenvalue weighted by molar-refractivity contribution is 5.80. The van der Waals surface area contributed by atoms with Crippen LogP contribution in [0.2, 0.25) is 0 Å². The maximum atomic E-state index is 5.43. The summed E-state index contributed by atoms with van der Waals surface area (Å²) in [6, 6.07) is 6.40. The molecule has 0 radical (unpaired) electrons. The Hall–Kier alpha value is -2.19.